The second kappa shape index (κ2) is 28.4. The van der Waals surface area contributed by atoms with Crippen LogP contribution < -0.4 is 38.1 Å². The SMILES string of the molecule is CCN1CCN(CC(=O)O)CCN(CC(=O)O)CCN(CC(=O)NC(Cc2ccc(O)cc2)C(=O)N[C@H](Cc2ccncc2)C(=O)N[C@@H](CC(N)=O)C(=O)NC(C(=O)NCC(N)=O)C(C)O)CC1. The summed E-state index contributed by atoms with van der Waals surface area (Å²) in [5.41, 5.74) is 11.5. The van der Waals surface area contributed by atoms with E-state index in [0.717, 1.165) is 0 Å². The molecule has 1 aliphatic rings. The number of aliphatic hydroxyl groups is 1. The number of carboxylic acids is 2. The Balaban J connectivity index is 1.91. The molecule has 1 aromatic heterocycles. The number of aliphatic carboxylic acids is 2. The largest absolute Gasteiger partial charge is 0.508 e. The normalized spacial score (nSPS) is 16.8. The maximum absolute atomic E-state index is 14.4. The molecule has 5 atom stereocenters. The molecule has 2 heterocycles. The van der Waals surface area contributed by atoms with Crippen LogP contribution in [0.2, 0.25) is 0 Å². The van der Waals surface area contributed by atoms with Gasteiger partial charge in [-0.2, -0.15) is 0 Å². The van der Waals surface area contributed by atoms with Crippen LogP contribution in [-0.4, -0.2) is 214 Å². The van der Waals surface area contributed by atoms with Crippen molar-refractivity contribution in [1.82, 2.24) is 51.2 Å². The maximum atomic E-state index is 14.4. The number of aromatic hydroxyl groups is 1. The number of amides is 7. The van der Waals surface area contributed by atoms with Crippen LogP contribution in [0.1, 0.15) is 31.4 Å². The van der Waals surface area contributed by atoms with E-state index < -0.39 is 96.5 Å². The minimum Gasteiger partial charge on any atom is -0.508 e. The Morgan fingerprint density at radius 1 is 0.603 bits per heavy atom. The fraction of sp³-hybridized carbons (Fsp3) is 0.535. The number of hydrogen-bond acceptors (Lipinski definition) is 16. The van der Waals surface area contributed by atoms with Crippen molar-refractivity contribution in [3.05, 3.63) is 59.9 Å². The number of phenolic OH excluding ortho intramolecular Hbond substituents is 1. The van der Waals surface area contributed by atoms with Crippen molar-refractivity contribution in [3.8, 4) is 5.75 Å². The zero-order valence-corrected chi connectivity index (χ0v) is 38.2. The van der Waals surface area contributed by atoms with Crippen molar-refractivity contribution in [3.63, 3.8) is 0 Å². The maximum Gasteiger partial charge on any atom is 0.317 e. The zero-order valence-electron chi connectivity index (χ0n) is 38.2. The number of nitrogens with zero attached hydrogens (tertiary/aromatic N) is 5. The van der Waals surface area contributed by atoms with E-state index in [1.807, 2.05) is 11.8 Å². The van der Waals surface area contributed by atoms with Gasteiger partial charge < -0.3 is 63.4 Å². The summed E-state index contributed by atoms with van der Waals surface area (Å²) >= 11 is 0. The van der Waals surface area contributed by atoms with Crippen LogP contribution in [-0.2, 0) is 56.0 Å². The van der Waals surface area contributed by atoms with E-state index in [4.69, 9.17) is 11.5 Å². The number of nitrogens with two attached hydrogens (primary N) is 2. The number of pyridine rings is 1. The monoisotopic (exact) mass is 956 g/mol. The van der Waals surface area contributed by atoms with Gasteiger partial charge in [0.1, 0.15) is 29.9 Å². The van der Waals surface area contributed by atoms with Gasteiger partial charge in [-0.15, -0.1) is 0 Å². The van der Waals surface area contributed by atoms with E-state index in [-0.39, 0.29) is 57.9 Å². The minimum atomic E-state index is -1.74. The molecular formula is C43H64N12O13. The topological polar surface area (TPSA) is 373 Å². The molecule has 1 saturated heterocycles. The van der Waals surface area contributed by atoms with Crippen molar-refractivity contribution in [2.45, 2.75) is 63.4 Å². The summed E-state index contributed by atoms with van der Waals surface area (Å²) in [5.74, 6) is -8.66. The molecule has 0 radical (unpaired) electrons. The molecule has 1 fully saturated rings. The average molecular weight is 957 g/mol. The smallest absolute Gasteiger partial charge is 0.317 e. The Kier molecular flexibility index (Phi) is 23.2. The predicted octanol–water partition coefficient (Wildman–Crippen LogP) is -5.22. The molecule has 13 N–H and O–H groups in total. The highest BCUT2D eigenvalue weighted by molar-refractivity contribution is 5.98. The lowest BCUT2D eigenvalue weighted by molar-refractivity contribution is -0.140. The number of benzene rings is 1. The van der Waals surface area contributed by atoms with Crippen LogP contribution in [0.5, 0.6) is 5.75 Å². The standard InChI is InChI=1S/C43H64N12O13/c1-3-52-12-14-53(16-17-55(26-38(63)64)19-18-54(15-13-52)25-37(61)62)24-36(60)48-31(20-28-4-6-30(57)7-5-28)40(65)49-32(21-29-8-10-46-11-9-29)41(66)50-33(22-34(44)58)42(67)51-39(27(2)56)43(68)47-23-35(45)59/h4-11,27,31-33,39,56-57H,3,12-26H2,1-2H3,(H2,44,58)(H2,45,59)(H,47,68)(H,48,60)(H,49,65)(H,50,66)(H,51,67)(H,61,62)(H,63,64)/t27?,31?,32-,33+,39?/m1/s1. The van der Waals surface area contributed by atoms with Crippen LogP contribution >= 0.6 is 0 Å². The average Bonchev–Trinajstić information content (AvgIpc) is 3.27. The molecule has 2 aromatic rings. The third-order valence-electron chi connectivity index (χ3n) is 10.8. The number of aliphatic hydroxyl groups excluding tert-OH is 1. The van der Waals surface area contributed by atoms with Gasteiger partial charge in [0.15, 0.2) is 0 Å². The fourth-order valence-electron chi connectivity index (χ4n) is 7.13. The molecule has 7 amide bonds. The van der Waals surface area contributed by atoms with E-state index >= 15 is 0 Å². The number of carboxylic acid groups (broad SMARTS) is 2. The summed E-state index contributed by atoms with van der Waals surface area (Å²) in [5, 5.41) is 51.5. The van der Waals surface area contributed by atoms with Crippen molar-refractivity contribution < 1.29 is 63.6 Å². The summed E-state index contributed by atoms with van der Waals surface area (Å²) < 4.78 is 0. The first-order valence-corrected chi connectivity index (χ1v) is 22.0. The van der Waals surface area contributed by atoms with Crippen molar-refractivity contribution >= 4 is 53.3 Å². The van der Waals surface area contributed by atoms with Crippen LogP contribution in [0.25, 0.3) is 0 Å². The highest BCUT2D eigenvalue weighted by atomic mass is 16.4. The third kappa shape index (κ3) is 20.8. The van der Waals surface area contributed by atoms with E-state index in [1.54, 1.807) is 21.9 Å². The lowest BCUT2D eigenvalue weighted by Gasteiger charge is -2.33. The van der Waals surface area contributed by atoms with E-state index in [9.17, 15) is 63.6 Å². The molecule has 374 valence electrons. The number of hydrogen-bond donors (Lipinski definition) is 11. The zero-order chi connectivity index (χ0) is 50.3. The number of primary amides is 2. The number of phenols is 1. The van der Waals surface area contributed by atoms with Crippen LogP contribution in [0.3, 0.4) is 0 Å². The summed E-state index contributed by atoms with van der Waals surface area (Å²) in [6.07, 6.45) is 0.241. The van der Waals surface area contributed by atoms with E-state index in [0.29, 0.717) is 50.4 Å². The Bertz CT molecular complexity index is 2030. The van der Waals surface area contributed by atoms with Crippen LogP contribution in [0.15, 0.2) is 48.8 Å². The first-order chi connectivity index (χ1) is 32.2. The molecule has 1 aliphatic heterocycles. The summed E-state index contributed by atoms with van der Waals surface area (Å²) in [7, 11) is 0. The van der Waals surface area contributed by atoms with Gasteiger partial charge in [-0.3, -0.25) is 62.8 Å². The minimum absolute atomic E-state index is 0.0588. The second-order valence-electron chi connectivity index (χ2n) is 16.3. The lowest BCUT2D eigenvalue weighted by atomic mass is 10.0. The highest BCUT2D eigenvalue weighted by Crippen LogP contribution is 2.13. The molecule has 0 spiro atoms. The van der Waals surface area contributed by atoms with Gasteiger partial charge in [0.25, 0.3) is 0 Å². The van der Waals surface area contributed by atoms with Gasteiger partial charge in [0, 0.05) is 77.6 Å². The molecule has 0 aliphatic carbocycles. The second-order valence-corrected chi connectivity index (χ2v) is 16.3. The molecule has 1 aromatic carbocycles. The first kappa shape index (κ1) is 55.5. The van der Waals surface area contributed by atoms with Gasteiger partial charge in [-0.1, -0.05) is 19.1 Å². The van der Waals surface area contributed by atoms with Crippen molar-refractivity contribution in [2.24, 2.45) is 11.5 Å². The van der Waals surface area contributed by atoms with Gasteiger partial charge in [0.2, 0.25) is 41.4 Å². The molecule has 0 saturated carbocycles. The Morgan fingerprint density at radius 3 is 1.50 bits per heavy atom. The molecule has 3 unspecified atom stereocenters. The Labute approximate surface area is 392 Å². The van der Waals surface area contributed by atoms with Gasteiger partial charge >= 0.3 is 11.9 Å². The molecule has 3 rings (SSSR count). The quantitative estimate of drug-likeness (QED) is 0.0468. The van der Waals surface area contributed by atoms with Crippen LogP contribution in [0.4, 0.5) is 0 Å². The van der Waals surface area contributed by atoms with Gasteiger partial charge in [-0.05, 0) is 48.9 Å². The number of rotatable bonds is 24. The number of nitrogens with one attached hydrogen (secondary N) is 5. The number of carbonyl (C=O) groups is 9. The molecule has 25 heteroatoms. The number of aromatic nitrogens is 1. The third-order valence-corrected chi connectivity index (χ3v) is 10.8. The highest BCUT2D eigenvalue weighted by Gasteiger charge is 2.34. The van der Waals surface area contributed by atoms with Crippen LogP contribution in [0, 0.1) is 0 Å². The lowest BCUT2D eigenvalue weighted by Crippen LogP contribution is -2.61. The molecule has 68 heavy (non-hydrogen) atoms. The summed E-state index contributed by atoms with van der Waals surface area (Å²) in [6, 6.07) is 2.73. The first-order valence-electron chi connectivity index (χ1n) is 22.0. The Morgan fingerprint density at radius 2 is 1.04 bits per heavy atom. The number of likely N-dealkylation sites (N-methyl/N-ethyl adjacent to an activating group) is 1. The van der Waals surface area contributed by atoms with E-state index in [2.05, 4.69) is 36.5 Å². The van der Waals surface area contributed by atoms with Gasteiger partial charge in [0.05, 0.1) is 38.7 Å². The van der Waals surface area contributed by atoms with Crippen molar-refractivity contribution in [1.29, 1.82) is 0 Å². The predicted molar refractivity (Wildman–Crippen MR) is 242 cm³/mol. The molecule has 0 bridgehead atoms. The van der Waals surface area contributed by atoms with E-state index in [1.165, 1.54) is 43.6 Å². The van der Waals surface area contributed by atoms with Gasteiger partial charge in [-0.25, -0.2) is 0 Å². The molecule has 25 nitrogen and oxygen atoms in total. The summed E-state index contributed by atoms with van der Waals surface area (Å²) in [4.78, 5) is 127. The molecular weight excluding hydrogens is 893 g/mol. The number of carbonyl (C=O) groups excluding carboxylic acids is 7. The Hall–Kier alpha value is -6.80. The fourth-order valence-corrected chi connectivity index (χ4v) is 7.13. The van der Waals surface area contributed by atoms with Crippen molar-refractivity contribution in [2.75, 3.05) is 85.1 Å². The summed E-state index contributed by atoms with van der Waals surface area (Å²) in [6.45, 7) is 5.10.